The van der Waals surface area contributed by atoms with Crippen molar-refractivity contribution in [3.05, 3.63) is 74.8 Å². The van der Waals surface area contributed by atoms with E-state index in [-0.39, 0.29) is 6.61 Å². The number of ether oxygens (including phenoxy) is 2. The minimum atomic E-state index is -1.16. The fourth-order valence-electron chi connectivity index (χ4n) is 3.42. The predicted octanol–water partition coefficient (Wildman–Crippen LogP) is -0.493. The number of nitrogens with zero attached hydrogens (tertiary/aromatic N) is 4. The summed E-state index contributed by atoms with van der Waals surface area (Å²) >= 11 is 0. The molecule has 0 saturated carbocycles. The number of aliphatic hydroxyl groups excluding tert-OH is 2. The first-order chi connectivity index (χ1) is 14.5. The maximum Gasteiger partial charge on any atom is 0.330 e. The summed E-state index contributed by atoms with van der Waals surface area (Å²) in [5, 5.41) is 28.3. The molecule has 1 aliphatic heterocycles. The average Bonchev–Trinajstić information content (AvgIpc) is 3.31. The normalized spacial score (nSPS) is 23.6. The van der Waals surface area contributed by atoms with Crippen LogP contribution >= 0.6 is 0 Å². The van der Waals surface area contributed by atoms with Gasteiger partial charge in [0.05, 0.1) is 12.8 Å². The topological polar surface area (TPSA) is 144 Å². The van der Waals surface area contributed by atoms with Crippen molar-refractivity contribution in [2.24, 2.45) is 0 Å². The standard InChI is InChI=1S/C19H21N5O6/c1-11-4-2-3-5-13(11)29-10-12-8-24(22-21-12)16-17(27)14(9-25)30-18(16)23-7-6-15(26)20-19(23)28/h2-8,14,16-18,25,27H,9-10H2,1H3,(H,20,26,28)/t14-,16-,17-,18-/m1/s1. The third kappa shape index (κ3) is 3.77. The molecule has 0 bridgehead atoms. The average molecular weight is 415 g/mol. The predicted molar refractivity (Wildman–Crippen MR) is 103 cm³/mol. The molecule has 0 amide bonds. The van der Waals surface area contributed by atoms with Crippen molar-refractivity contribution in [3.63, 3.8) is 0 Å². The lowest BCUT2D eigenvalue weighted by Crippen LogP contribution is -2.36. The van der Waals surface area contributed by atoms with Crippen molar-refractivity contribution in [1.82, 2.24) is 24.5 Å². The molecule has 0 aliphatic carbocycles. The van der Waals surface area contributed by atoms with Crippen LogP contribution in [0.3, 0.4) is 0 Å². The van der Waals surface area contributed by atoms with Crippen LogP contribution < -0.4 is 16.0 Å². The van der Waals surface area contributed by atoms with Crippen LogP contribution in [0.15, 0.2) is 52.3 Å². The first-order valence-electron chi connectivity index (χ1n) is 9.33. The van der Waals surface area contributed by atoms with E-state index in [1.54, 1.807) is 6.20 Å². The summed E-state index contributed by atoms with van der Waals surface area (Å²) in [4.78, 5) is 25.7. The smallest absolute Gasteiger partial charge is 0.330 e. The quantitative estimate of drug-likeness (QED) is 0.489. The van der Waals surface area contributed by atoms with Crippen molar-refractivity contribution in [2.75, 3.05) is 6.61 Å². The van der Waals surface area contributed by atoms with Crippen LogP contribution in [0.2, 0.25) is 0 Å². The summed E-state index contributed by atoms with van der Waals surface area (Å²) in [6, 6.07) is 7.87. The van der Waals surface area contributed by atoms with Crippen molar-refractivity contribution in [1.29, 1.82) is 0 Å². The Labute approximate surface area is 170 Å². The molecule has 1 fully saturated rings. The molecule has 11 nitrogen and oxygen atoms in total. The fraction of sp³-hybridized carbons (Fsp3) is 0.368. The van der Waals surface area contributed by atoms with Crippen molar-refractivity contribution in [2.45, 2.75) is 38.0 Å². The van der Waals surface area contributed by atoms with E-state index in [0.29, 0.717) is 11.4 Å². The molecule has 2 aromatic heterocycles. The molecular weight excluding hydrogens is 394 g/mol. The Morgan fingerprint density at radius 3 is 2.80 bits per heavy atom. The zero-order valence-electron chi connectivity index (χ0n) is 16.1. The molecule has 0 spiro atoms. The van der Waals surface area contributed by atoms with Crippen molar-refractivity contribution in [3.8, 4) is 5.75 Å². The van der Waals surface area contributed by atoms with Gasteiger partial charge >= 0.3 is 5.69 Å². The van der Waals surface area contributed by atoms with Crippen molar-refractivity contribution >= 4 is 0 Å². The highest BCUT2D eigenvalue weighted by Crippen LogP contribution is 2.37. The Kier molecular flexibility index (Phi) is 5.48. The van der Waals surface area contributed by atoms with Gasteiger partial charge in [-0.05, 0) is 18.6 Å². The van der Waals surface area contributed by atoms with Gasteiger partial charge in [-0.15, -0.1) is 5.10 Å². The monoisotopic (exact) mass is 415 g/mol. The van der Waals surface area contributed by atoms with Gasteiger partial charge in [0.2, 0.25) is 0 Å². The molecule has 11 heteroatoms. The first-order valence-corrected chi connectivity index (χ1v) is 9.33. The summed E-state index contributed by atoms with van der Waals surface area (Å²) in [6.07, 6.45) is -0.252. The van der Waals surface area contributed by atoms with Crippen LogP contribution in [0.1, 0.15) is 23.5 Å². The maximum atomic E-state index is 12.2. The zero-order chi connectivity index (χ0) is 21.3. The molecule has 30 heavy (non-hydrogen) atoms. The molecule has 158 valence electrons. The van der Waals surface area contributed by atoms with Crippen LogP contribution in [0.25, 0.3) is 0 Å². The largest absolute Gasteiger partial charge is 0.487 e. The molecule has 1 aromatic carbocycles. The summed E-state index contributed by atoms with van der Waals surface area (Å²) < 4.78 is 13.9. The Bertz CT molecular complexity index is 1140. The van der Waals surface area contributed by atoms with Gasteiger partial charge in [-0.3, -0.25) is 14.3 Å². The molecule has 0 unspecified atom stereocenters. The van der Waals surface area contributed by atoms with Crippen molar-refractivity contribution < 1.29 is 19.7 Å². The molecule has 4 atom stereocenters. The third-order valence-electron chi connectivity index (χ3n) is 4.97. The van der Waals surface area contributed by atoms with Gasteiger partial charge < -0.3 is 19.7 Å². The third-order valence-corrected chi connectivity index (χ3v) is 4.97. The molecule has 1 aliphatic rings. The fourth-order valence-corrected chi connectivity index (χ4v) is 3.42. The van der Waals surface area contributed by atoms with E-state index in [9.17, 15) is 19.8 Å². The number of benzene rings is 1. The minimum absolute atomic E-state index is 0.154. The molecule has 3 N–H and O–H groups in total. The summed E-state index contributed by atoms with van der Waals surface area (Å²) in [6.45, 7) is 1.63. The van der Waals surface area contributed by atoms with Crippen LogP contribution in [-0.2, 0) is 11.3 Å². The van der Waals surface area contributed by atoms with E-state index in [4.69, 9.17) is 9.47 Å². The second-order valence-electron chi connectivity index (χ2n) is 6.99. The molecule has 3 heterocycles. The van der Waals surface area contributed by atoms with Crippen LogP contribution in [0.5, 0.6) is 5.75 Å². The lowest BCUT2D eigenvalue weighted by molar-refractivity contribution is -0.0479. The minimum Gasteiger partial charge on any atom is -0.487 e. The number of rotatable bonds is 6. The zero-order valence-corrected chi connectivity index (χ0v) is 16.1. The number of aryl methyl sites for hydroxylation is 1. The van der Waals surface area contributed by atoms with Crippen LogP contribution in [0.4, 0.5) is 0 Å². The van der Waals surface area contributed by atoms with E-state index < -0.39 is 42.3 Å². The second kappa shape index (κ2) is 8.22. The highest BCUT2D eigenvalue weighted by Gasteiger charge is 2.46. The first kappa shape index (κ1) is 20.0. The number of H-pyrrole nitrogens is 1. The molecular formula is C19H21N5O6. The number of para-hydroxylation sites is 1. The van der Waals surface area contributed by atoms with Gasteiger partial charge in [0.15, 0.2) is 6.23 Å². The van der Waals surface area contributed by atoms with Crippen LogP contribution in [-0.4, -0.2) is 53.6 Å². The lowest BCUT2D eigenvalue weighted by Gasteiger charge is -2.21. The highest BCUT2D eigenvalue weighted by atomic mass is 16.5. The molecule has 3 aromatic rings. The Hall–Kier alpha value is -3.28. The Balaban J connectivity index is 1.59. The number of aromatic nitrogens is 5. The van der Waals surface area contributed by atoms with E-state index in [1.807, 2.05) is 31.2 Å². The van der Waals surface area contributed by atoms with Crippen LogP contribution in [0, 0.1) is 6.92 Å². The van der Waals surface area contributed by atoms with E-state index >= 15 is 0 Å². The molecule has 4 rings (SSSR count). The SMILES string of the molecule is Cc1ccccc1OCc1cn([C@@H]2[C@H](O)[C@@H](CO)O[C@H]2n2ccc(=O)[nH]c2=O)nn1. The number of aromatic amines is 1. The summed E-state index contributed by atoms with van der Waals surface area (Å²) in [7, 11) is 0. The van der Waals surface area contributed by atoms with Gasteiger partial charge in [0.1, 0.15) is 36.3 Å². The molecule has 1 saturated heterocycles. The number of hydrogen-bond acceptors (Lipinski definition) is 8. The van der Waals surface area contributed by atoms with Gasteiger partial charge in [-0.1, -0.05) is 23.4 Å². The number of aliphatic hydroxyl groups is 2. The summed E-state index contributed by atoms with van der Waals surface area (Å²) in [5.41, 5.74) is 0.228. The van der Waals surface area contributed by atoms with Gasteiger partial charge in [-0.2, -0.15) is 0 Å². The van der Waals surface area contributed by atoms with E-state index in [1.165, 1.54) is 16.9 Å². The van der Waals surface area contributed by atoms with E-state index in [0.717, 1.165) is 10.1 Å². The van der Waals surface area contributed by atoms with Gasteiger partial charge in [-0.25, -0.2) is 9.48 Å². The van der Waals surface area contributed by atoms with E-state index in [2.05, 4.69) is 15.3 Å². The highest BCUT2D eigenvalue weighted by molar-refractivity contribution is 5.31. The maximum absolute atomic E-state index is 12.2. The Morgan fingerprint density at radius 1 is 1.27 bits per heavy atom. The second-order valence-corrected chi connectivity index (χ2v) is 6.99. The van der Waals surface area contributed by atoms with Gasteiger partial charge in [0.25, 0.3) is 5.56 Å². The lowest BCUT2D eigenvalue weighted by atomic mass is 10.1. The van der Waals surface area contributed by atoms with Gasteiger partial charge in [0, 0.05) is 12.3 Å². The Morgan fingerprint density at radius 2 is 2.07 bits per heavy atom. The number of hydrogen-bond donors (Lipinski definition) is 3. The number of nitrogens with one attached hydrogen (secondary N) is 1. The summed E-state index contributed by atoms with van der Waals surface area (Å²) in [5.74, 6) is 0.717. The molecule has 0 radical (unpaired) electrons.